The average Bonchev–Trinajstić information content (AvgIpc) is 2.69. The number of amidine groups is 1. The maximum atomic E-state index is 5.25. The lowest BCUT2D eigenvalue weighted by Crippen LogP contribution is -1.98. The van der Waals surface area contributed by atoms with E-state index < -0.39 is 0 Å². The van der Waals surface area contributed by atoms with Crippen molar-refractivity contribution >= 4 is 18.2 Å². The van der Waals surface area contributed by atoms with Gasteiger partial charge < -0.3 is 4.74 Å². The third-order valence-corrected chi connectivity index (χ3v) is 4.32. The molecule has 3 aromatic rings. The van der Waals surface area contributed by atoms with Crippen LogP contribution in [-0.4, -0.2) is 24.6 Å². The van der Waals surface area contributed by atoms with Gasteiger partial charge in [0.1, 0.15) is 5.75 Å². The molecule has 0 aliphatic heterocycles. The SMILES string of the molecule is C=NC(=Nc1c(C)ccc(-c2ccc(OC)cc2)c1C)c1cccnc1. The normalized spacial score (nSPS) is 11.3. The van der Waals surface area contributed by atoms with Crippen molar-refractivity contribution in [1.82, 2.24) is 4.98 Å². The zero-order chi connectivity index (χ0) is 18.5. The van der Waals surface area contributed by atoms with Crippen LogP contribution in [0.5, 0.6) is 5.75 Å². The Morgan fingerprint density at radius 3 is 2.42 bits per heavy atom. The van der Waals surface area contributed by atoms with Crippen LogP contribution in [0.25, 0.3) is 11.1 Å². The minimum Gasteiger partial charge on any atom is -0.497 e. The number of hydrogen-bond donors (Lipinski definition) is 0. The highest BCUT2D eigenvalue weighted by Crippen LogP contribution is 2.34. The lowest BCUT2D eigenvalue weighted by molar-refractivity contribution is 0.415. The van der Waals surface area contributed by atoms with E-state index in [0.29, 0.717) is 5.84 Å². The summed E-state index contributed by atoms with van der Waals surface area (Å²) >= 11 is 0. The van der Waals surface area contributed by atoms with Gasteiger partial charge in [-0.2, -0.15) is 0 Å². The summed E-state index contributed by atoms with van der Waals surface area (Å²) in [6.45, 7) is 7.80. The van der Waals surface area contributed by atoms with Crippen LogP contribution in [0.15, 0.2) is 70.9 Å². The van der Waals surface area contributed by atoms with Crippen molar-refractivity contribution in [2.24, 2.45) is 9.98 Å². The van der Waals surface area contributed by atoms with Gasteiger partial charge >= 0.3 is 0 Å². The van der Waals surface area contributed by atoms with E-state index in [1.54, 1.807) is 19.5 Å². The fourth-order valence-corrected chi connectivity index (χ4v) is 2.88. The number of benzene rings is 2. The maximum Gasteiger partial charge on any atom is 0.160 e. The fraction of sp³-hybridized carbons (Fsp3) is 0.136. The third kappa shape index (κ3) is 3.54. The smallest absolute Gasteiger partial charge is 0.160 e. The van der Waals surface area contributed by atoms with Gasteiger partial charge in [-0.1, -0.05) is 24.3 Å². The highest BCUT2D eigenvalue weighted by Gasteiger charge is 2.11. The zero-order valence-electron chi connectivity index (χ0n) is 15.2. The third-order valence-electron chi connectivity index (χ3n) is 4.32. The van der Waals surface area contributed by atoms with Gasteiger partial charge in [-0.05, 0) is 67.1 Å². The monoisotopic (exact) mass is 343 g/mol. The molecule has 0 bridgehead atoms. The van der Waals surface area contributed by atoms with Gasteiger partial charge in [0.05, 0.1) is 12.8 Å². The Kier molecular flexibility index (Phi) is 5.23. The van der Waals surface area contributed by atoms with Crippen molar-refractivity contribution in [3.8, 4) is 16.9 Å². The van der Waals surface area contributed by atoms with Crippen molar-refractivity contribution in [3.63, 3.8) is 0 Å². The van der Waals surface area contributed by atoms with Gasteiger partial charge in [0.25, 0.3) is 0 Å². The molecule has 0 spiro atoms. The van der Waals surface area contributed by atoms with Gasteiger partial charge in [-0.15, -0.1) is 0 Å². The Morgan fingerprint density at radius 1 is 1.04 bits per heavy atom. The second-order valence-corrected chi connectivity index (χ2v) is 5.97. The second-order valence-electron chi connectivity index (χ2n) is 5.97. The zero-order valence-corrected chi connectivity index (χ0v) is 15.2. The van der Waals surface area contributed by atoms with Crippen LogP contribution in [0.2, 0.25) is 0 Å². The minimum absolute atomic E-state index is 0.566. The minimum atomic E-state index is 0.566. The first kappa shape index (κ1) is 17.5. The van der Waals surface area contributed by atoms with Crippen molar-refractivity contribution in [3.05, 3.63) is 77.6 Å². The van der Waals surface area contributed by atoms with E-state index in [2.05, 4.69) is 47.9 Å². The molecule has 26 heavy (non-hydrogen) atoms. The van der Waals surface area contributed by atoms with Gasteiger partial charge in [-0.3, -0.25) is 4.98 Å². The molecule has 0 aliphatic carbocycles. The lowest BCUT2D eigenvalue weighted by atomic mass is 9.96. The van der Waals surface area contributed by atoms with E-state index in [4.69, 9.17) is 9.73 Å². The lowest BCUT2D eigenvalue weighted by Gasteiger charge is -2.13. The van der Waals surface area contributed by atoms with Crippen LogP contribution in [-0.2, 0) is 0 Å². The molecule has 0 saturated carbocycles. The van der Waals surface area contributed by atoms with Crippen LogP contribution in [0, 0.1) is 13.8 Å². The largest absolute Gasteiger partial charge is 0.497 e. The van der Waals surface area contributed by atoms with E-state index in [1.165, 1.54) is 0 Å². The summed E-state index contributed by atoms with van der Waals surface area (Å²) in [5.74, 6) is 1.41. The van der Waals surface area contributed by atoms with E-state index >= 15 is 0 Å². The molecule has 0 radical (unpaired) electrons. The molecule has 1 aromatic heterocycles. The number of aromatic nitrogens is 1. The predicted octanol–water partition coefficient (Wildman–Crippen LogP) is 5.15. The van der Waals surface area contributed by atoms with Crippen LogP contribution >= 0.6 is 0 Å². The Morgan fingerprint density at radius 2 is 1.81 bits per heavy atom. The van der Waals surface area contributed by atoms with Crippen LogP contribution in [0.4, 0.5) is 5.69 Å². The standard InChI is InChI=1S/C22H21N3O/c1-15-7-12-20(17-8-10-19(26-4)11-9-17)16(2)21(15)25-22(23-3)18-6-5-13-24-14-18/h5-14H,3H2,1-2,4H3. The second kappa shape index (κ2) is 7.74. The number of aryl methyl sites for hydroxylation is 1. The molecule has 0 fully saturated rings. The number of ether oxygens (including phenoxy) is 1. The first-order valence-corrected chi connectivity index (χ1v) is 8.34. The first-order valence-electron chi connectivity index (χ1n) is 8.34. The molecular formula is C22H21N3O. The number of hydrogen-bond acceptors (Lipinski definition) is 3. The van der Waals surface area contributed by atoms with Crippen LogP contribution in [0.1, 0.15) is 16.7 Å². The molecule has 1 heterocycles. The highest BCUT2D eigenvalue weighted by atomic mass is 16.5. The number of aliphatic imine (C=N–C) groups is 2. The number of methoxy groups -OCH3 is 1. The summed E-state index contributed by atoms with van der Waals surface area (Å²) in [4.78, 5) is 13.0. The number of nitrogens with zero attached hydrogens (tertiary/aromatic N) is 3. The highest BCUT2D eigenvalue weighted by molar-refractivity contribution is 6.03. The molecular weight excluding hydrogens is 322 g/mol. The summed E-state index contributed by atoms with van der Waals surface area (Å²) in [5.41, 5.74) is 6.19. The average molecular weight is 343 g/mol. The van der Waals surface area contributed by atoms with Gasteiger partial charge in [0.2, 0.25) is 0 Å². The van der Waals surface area contributed by atoms with Crippen molar-refractivity contribution < 1.29 is 4.74 Å². The molecule has 130 valence electrons. The summed E-state index contributed by atoms with van der Waals surface area (Å²) < 4.78 is 5.25. The molecule has 0 unspecified atom stereocenters. The number of pyridine rings is 1. The summed E-state index contributed by atoms with van der Waals surface area (Å²) in [7, 11) is 1.67. The molecule has 0 amide bonds. The Bertz CT molecular complexity index is 945. The van der Waals surface area contributed by atoms with Crippen molar-refractivity contribution in [1.29, 1.82) is 0 Å². The summed E-state index contributed by atoms with van der Waals surface area (Å²) in [5, 5.41) is 0. The van der Waals surface area contributed by atoms with Crippen molar-refractivity contribution in [2.45, 2.75) is 13.8 Å². The Hall–Kier alpha value is -3.27. The Balaban J connectivity index is 2.10. The molecule has 0 atom stereocenters. The molecule has 4 nitrogen and oxygen atoms in total. The Labute approximate surface area is 153 Å². The van der Waals surface area contributed by atoms with Gasteiger partial charge in [-0.25, -0.2) is 9.98 Å². The number of rotatable bonds is 4. The van der Waals surface area contributed by atoms with Gasteiger partial charge in [0.15, 0.2) is 5.84 Å². The van der Waals surface area contributed by atoms with Crippen molar-refractivity contribution in [2.75, 3.05) is 7.11 Å². The molecule has 4 heteroatoms. The summed E-state index contributed by atoms with van der Waals surface area (Å²) in [6.07, 6.45) is 3.47. The van der Waals surface area contributed by atoms with E-state index in [-0.39, 0.29) is 0 Å². The maximum absolute atomic E-state index is 5.25. The van der Waals surface area contributed by atoms with E-state index in [1.807, 2.05) is 31.2 Å². The summed E-state index contributed by atoms with van der Waals surface area (Å²) in [6, 6.07) is 16.0. The van der Waals surface area contributed by atoms with Crippen LogP contribution < -0.4 is 4.74 Å². The fourth-order valence-electron chi connectivity index (χ4n) is 2.88. The quantitative estimate of drug-likeness (QED) is 0.485. The van der Waals surface area contributed by atoms with E-state index in [9.17, 15) is 0 Å². The molecule has 3 rings (SSSR count). The topological polar surface area (TPSA) is 46.8 Å². The first-order chi connectivity index (χ1) is 12.6. The van der Waals surface area contributed by atoms with Crippen LogP contribution in [0.3, 0.4) is 0 Å². The predicted molar refractivity (Wildman–Crippen MR) is 108 cm³/mol. The molecule has 0 N–H and O–H groups in total. The van der Waals surface area contributed by atoms with Gasteiger partial charge in [0, 0.05) is 18.0 Å². The van der Waals surface area contributed by atoms with E-state index in [0.717, 1.165) is 39.3 Å². The molecule has 0 saturated heterocycles. The molecule has 2 aromatic carbocycles. The molecule has 0 aliphatic rings.